The Kier molecular flexibility index (Phi) is 4.60. The molecule has 4 nitrogen and oxygen atoms in total. The van der Waals surface area contributed by atoms with Crippen molar-refractivity contribution < 1.29 is 22.4 Å². The van der Waals surface area contributed by atoms with E-state index in [0.717, 1.165) is 18.3 Å². The summed E-state index contributed by atoms with van der Waals surface area (Å²) in [5.74, 6) is -2.61. The number of benzene rings is 1. The van der Waals surface area contributed by atoms with Gasteiger partial charge in [0.1, 0.15) is 17.6 Å². The number of hydrogen-bond donors (Lipinski definition) is 0. The molecule has 0 bridgehead atoms. The summed E-state index contributed by atoms with van der Waals surface area (Å²) in [6, 6.07) is 8.86. The molecule has 2 aromatic rings. The summed E-state index contributed by atoms with van der Waals surface area (Å²) in [6.07, 6.45) is -4.07. The number of carbonyl (C=O) groups is 1. The lowest BCUT2D eigenvalue weighted by molar-refractivity contribution is -0.170. The van der Waals surface area contributed by atoms with Gasteiger partial charge in [-0.1, -0.05) is 12.1 Å². The second-order valence-corrected chi connectivity index (χ2v) is 4.53. The molecule has 1 aromatic carbocycles. The molecule has 0 fully saturated rings. The Bertz CT molecular complexity index is 733. The van der Waals surface area contributed by atoms with Crippen molar-refractivity contribution in [2.75, 3.05) is 4.90 Å². The predicted molar refractivity (Wildman–Crippen MR) is 72.6 cm³/mol. The summed E-state index contributed by atoms with van der Waals surface area (Å²) >= 11 is 0. The molecule has 0 aliphatic carbocycles. The highest BCUT2D eigenvalue weighted by molar-refractivity contribution is 5.97. The van der Waals surface area contributed by atoms with Crippen LogP contribution in [0.15, 0.2) is 42.6 Å². The molecule has 8 heteroatoms. The van der Waals surface area contributed by atoms with E-state index in [2.05, 4.69) is 4.98 Å². The van der Waals surface area contributed by atoms with E-state index in [4.69, 9.17) is 5.26 Å². The van der Waals surface area contributed by atoms with Crippen LogP contribution < -0.4 is 4.90 Å². The quantitative estimate of drug-likeness (QED) is 0.815. The van der Waals surface area contributed by atoms with Gasteiger partial charge in [-0.25, -0.2) is 9.37 Å². The van der Waals surface area contributed by atoms with Gasteiger partial charge in [-0.2, -0.15) is 18.4 Å². The lowest BCUT2D eigenvalue weighted by atomic mass is 10.2. The van der Waals surface area contributed by atoms with Gasteiger partial charge in [-0.05, 0) is 29.8 Å². The number of hydrogen-bond acceptors (Lipinski definition) is 3. The first kappa shape index (κ1) is 16.4. The molecule has 23 heavy (non-hydrogen) atoms. The first-order chi connectivity index (χ1) is 10.8. The Balaban J connectivity index is 2.36. The summed E-state index contributed by atoms with van der Waals surface area (Å²) in [5.41, 5.74) is 0.207. The number of amides is 1. The minimum absolute atomic E-state index is 0.00920. The highest BCUT2D eigenvalue weighted by Crippen LogP contribution is 2.25. The van der Waals surface area contributed by atoms with Crippen molar-refractivity contribution in [3.05, 3.63) is 59.7 Å². The van der Waals surface area contributed by atoms with Crippen LogP contribution in [0.1, 0.15) is 11.3 Å². The van der Waals surface area contributed by atoms with E-state index >= 15 is 0 Å². The number of aromatic nitrogens is 1. The summed E-state index contributed by atoms with van der Waals surface area (Å²) in [4.78, 5) is 15.8. The first-order valence-corrected chi connectivity index (χ1v) is 6.30. The molecule has 0 aliphatic heterocycles. The standard InChI is InChI=1S/C15H9F4N3O/c16-11-3-1-10(2-4-11)9-22(14(23)15(17,18)19)13-6-5-12(7-20)21-8-13/h1-6,8H,9H2. The summed E-state index contributed by atoms with van der Waals surface area (Å²) in [6.45, 7) is -0.411. The number of anilines is 1. The smallest absolute Gasteiger partial charge is 0.299 e. The second-order valence-electron chi connectivity index (χ2n) is 4.53. The van der Waals surface area contributed by atoms with Crippen molar-refractivity contribution in [2.45, 2.75) is 12.7 Å². The van der Waals surface area contributed by atoms with E-state index < -0.39 is 24.4 Å². The molecule has 0 saturated heterocycles. The van der Waals surface area contributed by atoms with Gasteiger partial charge in [0, 0.05) is 0 Å². The fourth-order valence-corrected chi connectivity index (χ4v) is 1.82. The number of nitriles is 1. The fourth-order valence-electron chi connectivity index (χ4n) is 1.82. The van der Waals surface area contributed by atoms with Crippen molar-refractivity contribution in [3.8, 4) is 6.07 Å². The van der Waals surface area contributed by atoms with Gasteiger partial charge in [0.05, 0.1) is 18.4 Å². The molecule has 2 rings (SSSR count). The molecule has 0 unspecified atom stereocenters. The van der Waals surface area contributed by atoms with Gasteiger partial charge < -0.3 is 0 Å². The SMILES string of the molecule is N#Cc1ccc(N(Cc2ccc(F)cc2)C(=O)C(F)(F)F)cn1. The van der Waals surface area contributed by atoms with E-state index in [0.29, 0.717) is 10.5 Å². The van der Waals surface area contributed by atoms with Crippen molar-refractivity contribution in [1.82, 2.24) is 4.98 Å². The molecule has 0 atom stereocenters. The molecule has 0 radical (unpaired) electrons. The third kappa shape index (κ3) is 4.03. The highest BCUT2D eigenvalue weighted by Gasteiger charge is 2.43. The van der Waals surface area contributed by atoms with Crippen LogP contribution in [0.5, 0.6) is 0 Å². The molecular weight excluding hydrogens is 314 g/mol. The summed E-state index contributed by atoms with van der Waals surface area (Å²) in [7, 11) is 0. The van der Waals surface area contributed by atoms with E-state index in [1.807, 2.05) is 0 Å². The maximum atomic E-state index is 12.9. The second kappa shape index (κ2) is 6.44. The van der Waals surface area contributed by atoms with Crippen molar-refractivity contribution >= 4 is 11.6 Å². The first-order valence-electron chi connectivity index (χ1n) is 6.30. The van der Waals surface area contributed by atoms with Crippen LogP contribution in [0.25, 0.3) is 0 Å². The monoisotopic (exact) mass is 323 g/mol. The molecule has 0 spiro atoms. The van der Waals surface area contributed by atoms with Crippen LogP contribution in [-0.4, -0.2) is 17.1 Å². The lowest BCUT2D eigenvalue weighted by Crippen LogP contribution is -2.40. The fraction of sp³-hybridized carbons (Fsp3) is 0.133. The maximum absolute atomic E-state index is 12.9. The van der Waals surface area contributed by atoms with Crippen LogP contribution in [0.4, 0.5) is 23.2 Å². The van der Waals surface area contributed by atoms with Crippen molar-refractivity contribution in [1.29, 1.82) is 5.26 Å². The third-order valence-corrected chi connectivity index (χ3v) is 2.92. The van der Waals surface area contributed by atoms with Crippen LogP contribution >= 0.6 is 0 Å². The number of nitrogens with zero attached hydrogens (tertiary/aromatic N) is 3. The molecule has 1 aromatic heterocycles. The number of alkyl halides is 3. The topological polar surface area (TPSA) is 57.0 Å². The lowest BCUT2D eigenvalue weighted by Gasteiger charge is -2.23. The van der Waals surface area contributed by atoms with Gasteiger partial charge >= 0.3 is 12.1 Å². The van der Waals surface area contributed by atoms with E-state index in [9.17, 15) is 22.4 Å². The number of rotatable bonds is 3. The minimum Gasteiger partial charge on any atom is -0.299 e. The van der Waals surface area contributed by atoms with Crippen molar-refractivity contribution in [3.63, 3.8) is 0 Å². The van der Waals surface area contributed by atoms with Crippen LogP contribution in [0, 0.1) is 17.1 Å². The molecular formula is C15H9F4N3O. The van der Waals surface area contributed by atoms with Crippen LogP contribution in [-0.2, 0) is 11.3 Å². The Hall–Kier alpha value is -2.95. The van der Waals surface area contributed by atoms with Crippen molar-refractivity contribution in [2.24, 2.45) is 0 Å². The van der Waals surface area contributed by atoms with Crippen LogP contribution in [0.2, 0.25) is 0 Å². The van der Waals surface area contributed by atoms with E-state index in [-0.39, 0.29) is 11.4 Å². The Labute approximate surface area is 128 Å². The van der Waals surface area contributed by atoms with Gasteiger partial charge in [-0.15, -0.1) is 0 Å². The molecule has 118 valence electrons. The zero-order valence-electron chi connectivity index (χ0n) is 11.5. The normalized spacial score (nSPS) is 10.9. The molecule has 0 N–H and O–H groups in total. The largest absolute Gasteiger partial charge is 0.471 e. The van der Waals surface area contributed by atoms with E-state index in [1.165, 1.54) is 24.3 Å². The average Bonchev–Trinajstić information content (AvgIpc) is 2.53. The third-order valence-electron chi connectivity index (χ3n) is 2.92. The number of halogens is 4. The zero-order chi connectivity index (χ0) is 17.0. The van der Waals surface area contributed by atoms with Gasteiger partial charge in [0.15, 0.2) is 0 Å². The average molecular weight is 323 g/mol. The zero-order valence-corrected chi connectivity index (χ0v) is 11.5. The van der Waals surface area contributed by atoms with Gasteiger partial charge in [0.2, 0.25) is 0 Å². The minimum atomic E-state index is -5.08. The van der Waals surface area contributed by atoms with Crippen LogP contribution in [0.3, 0.4) is 0 Å². The maximum Gasteiger partial charge on any atom is 0.471 e. The predicted octanol–water partition coefficient (Wildman–Crippen LogP) is 3.19. The Morgan fingerprint density at radius 2 is 1.83 bits per heavy atom. The highest BCUT2D eigenvalue weighted by atomic mass is 19.4. The summed E-state index contributed by atoms with van der Waals surface area (Å²) < 4.78 is 51.2. The number of carbonyl (C=O) groups excluding carboxylic acids is 1. The van der Waals surface area contributed by atoms with E-state index in [1.54, 1.807) is 6.07 Å². The Morgan fingerprint density at radius 1 is 1.17 bits per heavy atom. The molecule has 0 saturated carbocycles. The molecule has 1 amide bonds. The molecule has 1 heterocycles. The van der Waals surface area contributed by atoms with Gasteiger partial charge in [0.25, 0.3) is 0 Å². The Morgan fingerprint density at radius 3 is 2.30 bits per heavy atom. The summed E-state index contributed by atoms with van der Waals surface area (Å²) in [5, 5.41) is 8.66. The number of pyridine rings is 1. The van der Waals surface area contributed by atoms with Gasteiger partial charge in [-0.3, -0.25) is 9.69 Å². The molecule has 0 aliphatic rings.